The molecule has 2 rings (SSSR count). The maximum atomic E-state index is 12.9. The van der Waals surface area contributed by atoms with Crippen LogP contribution in [0.3, 0.4) is 0 Å². The second-order valence-corrected chi connectivity index (χ2v) is 4.47. The van der Waals surface area contributed by atoms with Crippen LogP contribution < -0.4 is 9.47 Å². The molecule has 0 aromatic carbocycles. The highest BCUT2D eigenvalue weighted by atomic mass is 19.4. The van der Waals surface area contributed by atoms with Crippen molar-refractivity contribution in [3.8, 4) is 11.6 Å². The van der Waals surface area contributed by atoms with Crippen molar-refractivity contribution >= 4 is 0 Å². The average Bonchev–Trinajstić information content (AvgIpc) is 3.02. The summed E-state index contributed by atoms with van der Waals surface area (Å²) in [6, 6.07) is 0.908. The van der Waals surface area contributed by atoms with Crippen LogP contribution in [0.25, 0.3) is 0 Å². The number of halogens is 3. The zero-order valence-corrected chi connectivity index (χ0v) is 10.1. The van der Waals surface area contributed by atoms with Crippen molar-refractivity contribution < 1.29 is 22.6 Å². The lowest BCUT2D eigenvalue weighted by atomic mass is 10.2. The minimum absolute atomic E-state index is 0.0910. The zero-order valence-electron chi connectivity index (χ0n) is 10.1. The summed E-state index contributed by atoms with van der Waals surface area (Å²) in [5.41, 5.74) is -0.833. The summed E-state index contributed by atoms with van der Waals surface area (Å²) in [6.45, 7) is 3.45. The van der Waals surface area contributed by atoms with Gasteiger partial charge in [0, 0.05) is 6.20 Å². The lowest BCUT2D eigenvalue weighted by Gasteiger charge is -2.18. The van der Waals surface area contributed by atoms with E-state index in [1.807, 2.05) is 0 Å². The fourth-order valence-electron chi connectivity index (χ4n) is 1.43. The summed E-state index contributed by atoms with van der Waals surface area (Å²) in [5, 5.41) is 0. The van der Waals surface area contributed by atoms with Gasteiger partial charge in [-0.3, -0.25) is 0 Å². The highest BCUT2D eigenvalue weighted by Gasteiger charge is 2.38. The third-order valence-electron chi connectivity index (χ3n) is 2.33. The van der Waals surface area contributed by atoms with Crippen molar-refractivity contribution in [3.05, 3.63) is 17.8 Å². The second kappa shape index (κ2) is 4.66. The lowest BCUT2D eigenvalue weighted by Crippen LogP contribution is -2.14. The van der Waals surface area contributed by atoms with Gasteiger partial charge in [-0.25, -0.2) is 4.98 Å². The van der Waals surface area contributed by atoms with Crippen LogP contribution in [0, 0.1) is 0 Å². The molecule has 6 heteroatoms. The molecule has 0 atom stereocenters. The first kappa shape index (κ1) is 13.0. The van der Waals surface area contributed by atoms with Crippen molar-refractivity contribution in [1.29, 1.82) is 0 Å². The highest BCUT2D eigenvalue weighted by Crippen LogP contribution is 2.43. The quantitative estimate of drug-likeness (QED) is 0.832. The molecule has 1 aromatic rings. The van der Waals surface area contributed by atoms with Crippen molar-refractivity contribution in [2.75, 3.05) is 0 Å². The van der Waals surface area contributed by atoms with E-state index in [4.69, 9.17) is 9.47 Å². The summed E-state index contributed by atoms with van der Waals surface area (Å²) < 4.78 is 49.2. The van der Waals surface area contributed by atoms with Crippen LogP contribution in [-0.2, 0) is 6.18 Å². The molecule has 1 heterocycles. The lowest BCUT2D eigenvalue weighted by molar-refractivity contribution is -0.139. The Bertz CT molecular complexity index is 428. The molecule has 1 fully saturated rings. The van der Waals surface area contributed by atoms with Gasteiger partial charge in [0.2, 0.25) is 0 Å². The molecular formula is C12H14F3NO2. The van der Waals surface area contributed by atoms with Gasteiger partial charge < -0.3 is 9.47 Å². The molecule has 0 N–H and O–H groups in total. The van der Waals surface area contributed by atoms with Crippen LogP contribution in [0.1, 0.15) is 32.3 Å². The Kier molecular flexibility index (Phi) is 3.36. The van der Waals surface area contributed by atoms with Crippen LogP contribution in [0.4, 0.5) is 13.2 Å². The number of aromatic nitrogens is 1. The Labute approximate surface area is 103 Å². The fourth-order valence-corrected chi connectivity index (χ4v) is 1.43. The van der Waals surface area contributed by atoms with Crippen LogP contribution >= 0.6 is 0 Å². The standard InChI is InChI=1S/C12H14F3NO2/c1-7(2)17-11-10(18-8-3-4-8)9(5-6-16-11)12(13,14)15/h5-8H,3-4H2,1-2H3. The number of rotatable bonds is 4. The molecule has 0 saturated heterocycles. The second-order valence-electron chi connectivity index (χ2n) is 4.47. The number of hydrogen-bond acceptors (Lipinski definition) is 3. The van der Waals surface area contributed by atoms with Gasteiger partial charge in [-0.2, -0.15) is 13.2 Å². The summed E-state index contributed by atoms with van der Waals surface area (Å²) in [5.74, 6) is -0.382. The van der Waals surface area contributed by atoms with Gasteiger partial charge in [0.15, 0.2) is 5.75 Å². The van der Waals surface area contributed by atoms with Crippen LogP contribution in [0.2, 0.25) is 0 Å². The first-order chi connectivity index (χ1) is 8.38. The first-order valence-corrected chi connectivity index (χ1v) is 5.77. The number of alkyl halides is 3. The summed E-state index contributed by atoms with van der Waals surface area (Å²) in [6.07, 6.45) is -2.25. The van der Waals surface area contributed by atoms with Gasteiger partial charge in [-0.1, -0.05) is 0 Å². The molecule has 0 spiro atoms. The molecule has 100 valence electrons. The Morgan fingerprint density at radius 2 is 2.00 bits per heavy atom. The van der Waals surface area contributed by atoms with E-state index in [1.54, 1.807) is 13.8 Å². The van der Waals surface area contributed by atoms with Gasteiger partial charge in [-0.05, 0) is 32.8 Å². The number of hydrogen-bond donors (Lipinski definition) is 0. The predicted octanol–water partition coefficient (Wildman–Crippen LogP) is 3.43. The molecule has 0 unspecified atom stereocenters. The van der Waals surface area contributed by atoms with E-state index in [1.165, 1.54) is 0 Å². The molecule has 1 saturated carbocycles. The van der Waals surface area contributed by atoms with E-state index < -0.39 is 11.7 Å². The average molecular weight is 261 g/mol. The molecule has 18 heavy (non-hydrogen) atoms. The van der Waals surface area contributed by atoms with Crippen molar-refractivity contribution in [3.63, 3.8) is 0 Å². The Morgan fingerprint density at radius 3 is 2.50 bits per heavy atom. The van der Waals surface area contributed by atoms with E-state index >= 15 is 0 Å². The topological polar surface area (TPSA) is 31.4 Å². The monoisotopic (exact) mass is 261 g/mol. The van der Waals surface area contributed by atoms with Crippen LogP contribution in [0.15, 0.2) is 12.3 Å². The Morgan fingerprint density at radius 1 is 1.33 bits per heavy atom. The van der Waals surface area contributed by atoms with Crippen LogP contribution in [0.5, 0.6) is 11.6 Å². The molecule has 1 aliphatic rings. The van der Waals surface area contributed by atoms with Gasteiger partial charge in [0.25, 0.3) is 5.88 Å². The first-order valence-electron chi connectivity index (χ1n) is 5.77. The summed E-state index contributed by atoms with van der Waals surface area (Å²) in [7, 11) is 0. The van der Waals surface area contributed by atoms with Crippen molar-refractivity contribution in [2.24, 2.45) is 0 Å². The summed E-state index contributed by atoms with van der Waals surface area (Å²) in [4.78, 5) is 3.83. The van der Waals surface area contributed by atoms with E-state index in [0.29, 0.717) is 0 Å². The summed E-state index contributed by atoms with van der Waals surface area (Å²) >= 11 is 0. The van der Waals surface area contributed by atoms with Crippen molar-refractivity contribution in [2.45, 2.75) is 45.1 Å². The number of ether oxygens (including phenoxy) is 2. The molecule has 3 nitrogen and oxygen atoms in total. The van der Waals surface area contributed by atoms with E-state index in [2.05, 4.69) is 4.98 Å². The Balaban J connectivity index is 2.38. The Hall–Kier alpha value is -1.46. The van der Waals surface area contributed by atoms with E-state index in [0.717, 1.165) is 25.1 Å². The predicted molar refractivity (Wildman–Crippen MR) is 58.7 cm³/mol. The molecule has 1 aliphatic carbocycles. The SMILES string of the molecule is CC(C)Oc1nccc(C(F)(F)F)c1OC1CC1. The molecule has 0 aliphatic heterocycles. The minimum Gasteiger partial charge on any atom is -0.484 e. The van der Waals surface area contributed by atoms with Gasteiger partial charge in [-0.15, -0.1) is 0 Å². The maximum absolute atomic E-state index is 12.9. The van der Waals surface area contributed by atoms with Gasteiger partial charge in [0.1, 0.15) is 5.56 Å². The third-order valence-corrected chi connectivity index (χ3v) is 2.33. The van der Waals surface area contributed by atoms with Crippen molar-refractivity contribution in [1.82, 2.24) is 4.98 Å². The third kappa shape index (κ3) is 3.05. The molecule has 0 radical (unpaired) electrons. The van der Waals surface area contributed by atoms with E-state index in [-0.39, 0.29) is 23.8 Å². The largest absolute Gasteiger partial charge is 0.484 e. The van der Waals surface area contributed by atoms with Crippen LogP contribution in [-0.4, -0.2) is 17.2 Å². The minimum atomic E-state index is -4.47. The molecule has 1 aromatic heterocycles. The smallest absolute Gasteiger partial charge is 0.420 e. The zero-order chi connectivity index (χ0) is 13.3. The highest BCUT2D eigenvalue weighted by molar-refractivity contribution is 5.43. The number of pyridine rings is 1. The van der Waals surface area contributed by atoms with Gasteiger partial charge in [0.05, 0.1) is 12.2 Å². The normalized spacial score (nSPS) is 15.9. The maximum Gasteiger partial charge on any atom is 0.420 e. The molecule has 0 bridgehead atoms. The fraction of sp³-hybridized carbons (Fsp3) is 0.583. The molecular weight excluding hydrogens is 247 g/mol. The van der Waals surface area contributed by atoms with Gasteiger partial charge >= 0.3 is 6.18 Å². The number of nitrogens with zero attached hydrogens (tertiary/aromatic N) is 1. The van der Waals surface area contributed by atoms with E-state index in [9.17, 15) is 13.2 Å². The molecule has 0 amide bonds.